The average Bonchev–Trinajstić information content (AvgIpc) is 2.96. The Morgan fingerprint density at radius 3 is 2.21 bits per heavy atom. The van der Waals surface area contributed by atoms with Crippen LogP contribution in [-0.2, 0) is 28.6 Å². The molecule has 1 heterocycles. The number of ether oxygens (including phenoxy) is 5. The molecule has 1 aliphatic heterocycles. The fourth-order valence-corrected chi connectivity index (χ4v) is 2.67. The lowest BCUT2D eigenvalue weighted by Crippen LogP contribution is -2.33. The van der Waals surface area contributed by atoms with Crippen LogP contribution in [0.4, 0.5) is 0 Å². The van der Waals surface area contributed by atoms with Crippen LogP contribution in [0.25, 0.3) is 0 Å². The van der Waals surface area contributed by atoms with Gasteiger partial charge >= 0.3 is 17.9 Å². The molecule has 8 heteroatoms. The highest BCUT2D eigenvalue weighted by Gasteiger charge is 2.55. The molecular formula is C16H18O8. The number of methoxy groups -OCH3 is 4. The van der Waals surface area contributed by atoms with Crippen LogP contribution in [0.1, 0.15) is 11.7 Å². The maximum absolute atomic E-state index is 12.2. The second-order valence-electron chi connectivity index (χ2n) is 5.02. The Balaban J connectivity index is 2.50. The molecule has 1 saturated heterocycles. The molecule has 0 spiro atoms. The SMILES string of the molecule is COC(=O)C1C(=O)O[C@@H](c2ccc(OC)cc2OC)[C@@H]1C(=O)OC. The lowest BCUT2D eigenvalue weighted by molar-refractivity contribution is -0.159. The van der Waals surface area contributed by atoms with Crippen molar-refractivity contribution in [3.8, 4) is 11.5 Å². The highest BCUT2D eigenvalue weighted by atomic mass is 16.6. The molecule has 0 aromatic heterocycles. The maximum Gasteiger partial charge on any atom is 0.322 e. The molecule has 0 N–H and O–H groups in total. The third-order valence-electron chi connectivity index (χ3n) is 3.86. The number of esters is 3. The summed E-state index contributed by atoms with van der Waals surface area (Å²) in [6.45, 7) is 0. The van der Waals surface area contributed by atoms with Gasteiger partial charge in [0, 0.05) is 11.6 Å². The number of rotatable bonds is 5. The normalized spacial score (nSPS) is 22.5. The van der Waals surface area contributed by atoms with Gasteiger partial charge in [-0.2, -0.15) is 0 Å². The number of cyclic esters (lactones) is 1. The number of hydrogen-bond donors (Lipinski definition) is 0. The summed E-state index contributed by atoms with van der Waals surface area (Å²) >= 11 is 0. The molecule has 24 heavy (non-hydrogen) atoms. The summed E-state index contributed by atoms with van der Waals surface area (Å²) in [5.41, 5.74) is 0.424. The number of carbonyl (C=O) groups is 3. The zero-order valence-corrected chi connectivity index (χ0v) is 13.7. The molecule has 1 unspecified atom stereocenters. The molecule has 1 aromatic rings. The second-order valence-corrected chi connectivity index (χ2v) is 5.02. The summed E-state index contributed by atoms with van der Waals surface area (Å²) in [5.74, 6) is -4.13. The highest BCUT2D eigenvalue weighted by Crippen LogP contribution is 2.44. The van der Waals surface area contributed by atoms with Crippen LogP contribution in [0.2, 0.25) is 0 Å². The van der Waals surface area contributed by atoms with Crippen LogP contribution in [0, 0.1) is 11.8 Å². The van der Waals surface area contributed by atoms with E-state index in [9.17, 15) is 14.4 Å². The third kappa shape index (κ3) is 2.99. The molecule has 1 aliphatic rings. The number of carbonyl (C=O) groups excluding carboxylic acids is 3. The zero-order chi connectivity index (χ0) is 17.9. The van der Waals surface area contributed by atoms with Crippen molar-refractivity contribution in [2.45, 2.75) is 6.10 Å². The van der Waals surface area contributed by atoms with E-state index < -0.39 is 35.8 Å². The van der Waals surface area contributed by atoms with Gasteiger partial charge in [0.15, 0.2) is 5.92 Å². The van der Waals surface area contributed by atoms with E-state index in [1.54, 1.807) is 18.2 Å². The lowest BCUT2D eigenvalue weighted by atomic mass is 9.86. The Hall–Kier alpha value is -2.77. The molecule has 1 fully saturated rings. The minimum absolute atomic E-state index is 0.353. The van der Waals surface area contributed by atoms with Crippen molar-refractivity contribution < 1.29 is 38.1 Å². The summed E-state index contributed by atoms with van der Waals surface area (Å²) in [7, 11) is 5.22. The van der Waals surface area contributed by atoms with E-state index in [0.29, 0.717) is 17.1 Å². The number of benzene rings is 1. The van der Waals surface area contributed by atoms with Gasteiger partial charge in [0.2, 0.25) is 0 Å². The molecule has 3 atom stereocenters. The van der Waals surface area contributed by atoms with Crippen molar-refractivity contribution in [2.75, 3.05) is 28.4 Å². The van der Waals surface area contributed by atoms with Crippen molar-refractivity contribution in [1.82, 2.24) is 0 Å². The molecule has 0 amide bonds. The Labute approximate surface area is 138 Å². The maximum atomic E-state index is 12.2. The van der Waals surface area contributed by atoms with Crippen LogP contribution in [0.15, 0.2) is 18.2 Å². The summed E-state index contributed by atoms with van der Waals surface area (Å²) in [6.07, 6.45) is -1.03. The quantitative estimate of drug-likeness (QED) is 0.443. The minimum Gasteiger partial charge on any atom is -0.497 e. The fraction of sp³-hybridized carbons (Fsp3) is 0.438. The van der Waals surface area contributed by atoms with Gasteiger partial charge in [0.05, 0.1) is 28.4 Å². The highest BCUT2D eigenvalue weighted by molar-refractivity contribution is 6.01. The van der Waals surface area contributed by atoms with Crippen LogP contribution in [0.3, 0.4) is 0 Å². The van der Waals surface area contributed by atoms with E-state index in [-0.39, 0.29) is 0 Å². The van der Waals surface area contributed by atoms with Crippen molar-refractivity contribution in [3.05, 3.63) is 23.8 Å². The second kappa shape index (κ2) is 7.20. The van der Waals surface area contributed by atoms with Gasteiger partial charge < -0.3 is 23.7 Å². The van der Waals surface area contributed by atoms with Crippen LogP contribution in [0.5, 0.6) is 11.5 Å². The Morgan fingerprint density at radius 1 is 1.00 bits per heavy atom. The first-order valence-corrected chi connectivity index (χ1v) is 7.06. The smallest absolute Gasteiger partial charge is 0.322 e. The van der Waals surface area contributed by atoms with Gasteiger partial charge in [0.1, 0.15) is 23.5 Å². The van der Waals surface area contributed by atoms with Gasteiger partial charge in [-0.1, -0.05) is 0 Å². The van der Waals surface area contributed by atoms with Crippen LogP contribution in [-0.4, -0.2) is 46.3 Å². The molecule has 0 aliphatic carbocycles. The largest absolute Gasteiger partial charge is 0.497 e. The van der Waals surface area contributed by atoms with E-state index in [0.717, 1.165) is 7.11 Å². The standard InChI is InChI=1S/C16H18O8/c1-20-8-5-6-9(10(7-8)21-2)13-11(14(17)22-3)12(15(18)23-4)16(19)24-13/h5-7,11-13H,1-4H3/t11-,12?,13+/m1/s1. The Kier molecular flexibility index (Phi) is 5.28. The van der Waals surface area contributed by atoms with Gasteiger partial charge in [-0.3, -0.25) is 14.4 Å². The predicted octanol–water partition coefficient (Wildman–Crippen LogP) is 0.880. The van der Waals surface area contributed by atoms with E-state index in [1.807, 2.05) is 0 Å². The monoisotopic (exact) mass is 338 g/mol. The first-order chi connectivity index (χ1) is 11.5. The lowest BCUT2D eigenvalue weighted by Gasteiger charge is -2.20. The molecular weight excluding hydrogens is 320 g/mol. The van der Waals surface area contributed by atoms with Crippen molar-refractivity contribution in [2.24, 2.45) is 11.8 Å². The van der Waals surface area contributed by atoms with E-state index in [2.05, 4.69) is 4.74 Å². The van der Waals surface area contributed by atoms with E-state index >= 15 is 0 Å². The predicted molar refractivity (Wildman–Crippen MR) is 79.4 cm³/mol. The fourth-order valence-electron chi connectivity index (χ4n) is 2.67. The van der Waals surface area contributed by atoms with Gasteiger partial charge in [0.25, 0.3) is 0 Å². The molecule has 1 aromatic carbocycles. The zero-order valence-electron chi connectivity index (χ0n) is 13.7. The Bertz CT molecular complexity index is 653. The van der Waals surface area contributed by atoms with Gasteiger partial charge in [-0.15, -0.1) is 0 Å². The van der Waals surface area contributed by atoms with Crippen molar-refractivity contribution in [3.63, 3.8) is 0 Å². The van der Waals surface area contributed by atoms with Gasteiger partial charge in [-0.25, -0.2) is 0 Å². The minimum atomic E-state index is -1.39. The number of hydrogen-bond acceptors (Lipinski definition) is 8. The van der Waals surface area contributed by atoms with Gasteiger partial charge in [-0.05, 0) is 12.1 Å². The summed E-state index contributed by atoms with van der Waals surface area (Å²) < 4.78 is 25.0. The summed E-state index contributed by atoms with van der Waals surface area (Å²) in [4.78, 5) is 36.2. The third-order valence-corrected chi connectivity index (χ3v) is 3.86. The van der Waals surface area contributed by atoms with Crippen LogP contribution >= 0.6 is 0 Å². The molecule has 0 saturated carbocycles. The van der Waals surface area contributed by atoms with Crippen LogP contribution < -0.4 is 9.47 Å². The first kappa shape index (κ1) is 17.6. The Morgan fingerprint density at radius 2 is 1.67 bits per heavy atom. The molecule has 0 radical (unpaired) electrons. The topological polar surface area (TPSA) is 97.4 Å². The van der Waals surface area contributed by atoms with E-state index in [1.165, 1.54) is 21.3 Å². The van der Waals surface area contributed by atoms with E-state index in [4.69, 9.17) is 18.9 Å². The van der Waals surface area contributed by atoms with Crippen molar-refractivity contribution >= 4 is 17.9 Å². The summed E-state index contributed by atoms with van der Waals surface area (Å²) in [6, 6.07) is 4.82. The molecule has 130 valence electrons. The van der Waals surface area contributed by atoms with Crippen molar-refractivity contribution in [1.29, 1.82) is 0 Å². The first-order valence-electron chi connectivity index (χ1n) is 7.06. The summed E-state index contributed by atoms with van der Waals surface area (Å²) in [5, 5.41) is 0. The molecule has 8 nitrogen and oxygen atoms in total. The molecule has 2 rings (SSSR count). The average molecular weight is 338 g/mol. The molecule has 0 bridgehead atoms.